The highest BCUT2D eigenvalue weighted by Crippen LogP contribution is 2.23. The van der Waals surface area contributed by atoms with Crippen LogP contribution in [0.2, 0.25) is 0 Å². The van der Waals surface area contributed by atoms with Crippen molar-refractivity contribution in [1.29, 1.82) is 0 Å². The second-order valence-corrected chi connectivity index (χ2v) is 4.42. The fourth-order valence-corrected chi connectivity index (χ4v) is 1.57. The number of aromatic carboxylic acids is 1. The van der Waals surface area contributed by atoms with Gasteiger partial charge in [-0.1, -0.05) is 19.1 Å². The third kappa shape index (κ3) is 4.28. The van der Waals surface area contributed by atoms with Gasteiger partial charge < -0.3 is 15.2 Å². The summed E-state index contributed by atoms with van der Waals surface area (Å²) in [6.07, 6.45) is 0.830. The largest absolute Gasteiger partial charge is 0.483 e. The van der Waals surface area contributed by atoms with Crippen LogP contribution < -0.4 is 10.1 Å². The van der Waals surface area contributed by atoms with Gasteiger partial charge in [0.15, 0.2) is 6.61 Å². The van der Waals surface area contributed by atoms with Crippen molar-refractivity contribution in [2.75, 3.05) is 6.61 Å². The van der Waals surface area contributed by atoms with Gasteiger partial charge in [-0.05, 0) is 31.9 Å². The predicted molar refractivity (Wildman–Crippen MR) is 71.5 cm³/mol. The molecule has 0 fully saturated rings. The Morgan fingerprint density at radius 3 is 2.68 bits per heavy atom. The molecule has 1 aromatic rings. The number of rotatable bonds is 6. The maximum absolute atomic E-state index is 11.6. The number of carbonyl (C=O) groups is 2. The molecule has 0 aliphatic carbocycles. The van der Waals surface area contributed by atoms with Gasteiger partial charge in [-0.15, -0.1) is 0 Å². The Balaban J connectivity index is 2.72. The van der Waals surface area contributed by atoms with Crippen molar-refractivity contribution in [1.82, 2.24) is 5.32 Å². The number of para-hydroxylation sites is 1. The molecule has 0 saturated carbocycles. The molecule has 1 amide bonds. The van der Waals surface area contributed by atoms with Crippen LogP contribution in [-0.4, -0.2) is 29.6 Å². The molecular weight excluding hydrogens is 246 g/mol. The maximum atomic E-state index is 11.6. The molecular formula is C14H19NO4. The number of carbonyl (C=O) groups excluding carboxylic acids is 1. The van der Waals surface area contributed by atoms with Crippen molar-refractivity contribution < 1.29 is 19.4 Å². The zero-order valence-electron chi connectivity index (χ0n) is 11.4. The summed E-state index contributed by atoms with van der Waals surface area (Å²) in [4.78, 5) is 22.7. The van der Waals surface area contributed by atoms with E-state index in [-0.39, 0.29) is 29.9 Å². The summed E-state index contributed by atoms with van der Waals surface area (Å²) in [5, 5.41) is 11.8. The summed E-state index contributed by atoms with van der Waals surface area (Å²) in [7, 11) is 0. The molecule has 0 aliphatic rings. The van der Waals surface area contributed by atoms with Crippen LogP contribution in [0.4, 0.5) is 0 Å². The zero-order valence-corrected chi connectivity index (χ0v) is 11.4. The van der Waals surface area contributed by atoms with Crippen molar-refractivity contribution in [3.63, 3.8) is 0 Å². The van der Waals surface area contributed by atoms with Crippen LogP contribution in [0.5, 0.6) is 5.75 Å². The predicted octanol–water partition coefficient (Wildman–Crippen LogP) is 1.99. The van der Waals surface area contributed by atoms with Gasteiger partial charge in [-0.25, -0.2) is 4.79 Å². The summed E-state index contributed by atoms with van der Waals surface area (Å²) >= 11 is 0. The first kappa shape index (κ1) is 15.0. The summed E-state index contributed by atoms with van der Waals surface area (Å²) in [5.74, 6) is -1.08. The number of carboxylic acids is 1. The number of aryl methyl sites for hydroxylation is 1. The summed E-state index contributed by atoms with van der Waals surface area (Å²) in [5.41, 5.74) is 0.757. The minimum absolute atomic E-state index is 0.0661. The summed E-state index contributed by atoms with van der Waals surface area (Å²) in [6.45, 7) is 5.42. The molecule has 0 aliphatic heterocycles. The van der Waals surface area contributed by atoms with Crippen LogP contribution in [0.1, 0.15) is 36.2 Å². The van der Waals surface area contributed by atoms with Gasteiger partial charge in [0, 0.05) is 6.04 Å². The minimum Gasteiger partial charge on any atom is -0.483 e. The van der Waals surface area contributed by atoms with Crippen LogP contribution in [0, 0.1) is 6.92 Å². The summed E-state index contributed by atoms with van der Waals surface area (Å²) in [6, 6.07) is 4.92. The molecule has 1 atom stereocenters. The molecule has 5 heteroatoms. The SMILES string of the molecule is CCC(C)NC(=O)COc1c(C)cccc1C(=O)O. The van der Waals surface area contributed by atoms with E-state index in [1.54, 1.807) is 19.1 Å². The van der Waals surface area contributed by atoms with Crippen molar-refractivity contribution in [3.8, 4) is 5.75 Å². The van der Waals surface area contributed by atoms with E-state index in [0.717, 1.165) is 6.42 Å². The first-order valence-electron chi connectivity index (χ1n) is 6.20. The second-order valence-electron chi connectivity index (χ2n) is 4.42. The third-order valence-corrected chi connectivity index (χ3v) is 2.81. The topological polar surface area (TPSA) is 75.6 Å². The van der Waals surface area contributed by atoms with Crippen LogP contribution in [0.25, 0.3) is 0 Å². The van der Waals surface area contributed by atoms with E-state index in [4.69, 9.17) is 9.84 Å². The number of hydrogen-bond acceptors (Lipinski definition) is 3. The van der Waals surface area contributed by atoms with Crippen LogP contribution in [-0.2, 0) is 4.79 Å². The number of carboxylic acid groups (broad SMARTS) is 1. The van der Waals surface area contributed by atoms with E-state index in [1.807, 2.05) is 13.8 Å². The van der Waals surface area contributed by atoms with Gasteiger partial charge in [0.05, 0.1) is 0 Å². The average Bonchev–Trinajstić information content (AvgIpc) is 2.36. The van der Waals surface area contributed by atoms with E-state index in [1.165, 1.54) is 6.07 Å². The highest BCUT2D eigenvalue weighted by molar-refractivity contribution is 5.91. The summed E-state index contributed by atoms with van der Waals surface area (Å²) < 4.78 is 5.34. The van der Waals surface area contributed by atoms with Crippen molar-refractivity contribution in [2.24, 2.45) is 0 Å². The molecule has 104 valence electrons. The molecule has 0 heterocycles. The molecule has 0 bridgehead atoms. The number of benzene rings is 1. The molecule has 5 nitrogen and oxygen atoms in total. The van der Waals surface area contributed by atoms with Crippen molar-refractivity contribution >= 4 is 11.9 Å². The van der Waals surface area contributed by atoms with E-state index in [9.17, 15) is 9.59 Å². The van der Waals surface area contributed by atoms with Crippen LogP contribution >= 0.6 is 0 Å². The van der Waals surface area contributed by atoms with Gasteiger partial charge in [-0.2, -0.15) is 0 Å². The fourth-order valence-electron chi connectivity index (χ4n) is 1.57. The molecule has 1 aromatic carbocycles. The number of nitrogens with one attached hydrogen (secondary N) is 1. The first-order chi connectivity index (χ1) is 8.95. The lowest BCUT2D eigenvalue weighted by Gasteiger charge is -2.14. The van der Waals surface area contributed by atoms with Crippen molar-refractivity contribution in [3.05, 3.63) is 29.3 Å². The Hall–Kier alpha value is -2.04. The number of hydrogen-bond donors (Lipinski definition) is 2. The van der Waals surface area contributed by atoms with Crippen molar-refractivity contribution in [2.45, 2.75) is 33.2 Å². The van der Waals surface area contributed by atoms with Gasteiger partial charge in [0.25, 0.3) is 5.91 Å². The standard InChI is InChI=1S/C14H19NO4/c1-4-10(3)15-12(16)8-19-13-9(2)6-5-7-11(13)14(17)18/h5-7,10H,4,8H2,1-3H3,(H,15,16)(H,17,18). The first-order valence-corrected chi connectivity index (χ1v) is 6.20. The van der Waals surface area contributed by atoms with Gasteiger partial charge >= 0.3 is 5.97 Å². The molecule has 2 N–H and O–H groups in total. The molecule has 0 saturated heterocycles. The Labute approximate surface area is 112 Å². The molecule has 1 unspecified atom stereocenters. The molecule has 0 radical (unpaired) electrons. The molecule has 19 heavy (non-hydrogen) atoms. The smallest absolute Gasteiger partial charge is 0.339 e. The maximum Gasteiger partial charge on any atom is 0.339 e. The number of ether oxygens (including phenoxy) is 1. The Morgan fingerprint density at radius 1 is 1.42 bits per heavy atom. The quantitative estimate of drug-likeness (QED) is 0.824. The van der Waals surface area contributed by atoms with E-state index in [2.05, 4.69) is 5.32 Å². The lowest BCUT2D eigenvalue weighted by Crippen LogP contribution is -2.35. The lowest BCUT2D eigenvalue weighted by molar-refractivity contribution is -0.123. The third-order valence-electron chi connectivity index (χ3n) is 2.81. The molecule has 1 rings (SSSR count). The van der Waals surface area contributed by atoms with Crippen LogP contribution in [0.3, 0.4) is 0 Å². The highest BCUT2D eigenvalue weighted by Gasteiger charge is 2.15. The Bertz CT molecular complexity index is 471. The zero-order chi connectivity index (χ0) is 14.4. The van der Waals surface area contributed by atoms with Gasteiger partial charge in [0.1, 0.15) is 11.3 Å². The minimum atomic E-state index is -1.07. The Kier molecular flexibility index (Phi) is 5.36. The van der Waals surface area contributed by atoms with Gasteiger partial charge in [-0.3, -0.25) is 4.79 Å². The molecule has 0 spiro atoms. The Morgan fingerprint density at radius 2 is 2.11 bits per heavy atom. The van der Waals surface area contributed by atoms with E-state index >= 15 is 0 Å². The second kappa shape index (κ2) is 6.78. The van der Waals surface area contributed by atoms with Gasteiger partial charge in [0.2, 0.25) is 0 Å². The normalized spacial score (nSPS) is 11.7. The van der Waals surface area contributed by atoms with Crippen LogP contribution in [0.15, 0.2) is 18.2 Å². The monoisotopic (exact) mass is 265 g/mol. The van der Waals surface area contributed by atoms with E-state index in [0.29, 0.717) is 5.56 Å². The van der Waals surface area contributed by atoms with E-state index < -0.39 is 5.97 Å². The number of amides is 1. The fraction of sp³-hybridized carbons (Fsp3) is 0.429. The highest BCUT2D eigenvalue weighted by atomic mass is 16.5. The molecule has 0 aromatic heterocycles. The lowest BCUT2D eigenvalue weighted by atomic mass is 10.1. The average molecular weight is 265 g/mol.